The van der Waals surface area contributed by atoms with Crippen molar-refractivity contribution < 1.29 is 4.52 Å². The fourth-order valence-corrected chi connectivity index (χ4v) is 2.26. The summed E-state index contributed by atoms with van der Waals surface area (Å²) in [6.45, 7) is 6.27. The Morgan fingerprint density at radius 2 is 2.12 bits per heavy atom. The summed E-state index contributed by atoms with van der Waals surface area (Å²) in [5, 5.41) is 4.09. The molecule has 0 aliphatic heterocycles. The van der Waals surface area contributed by atoms with Gasteiger partial charge in [-0.2, -0.15) is 4.98 Å². The predicted molar refractivity (Wildman–Crippen MR) is 62.1 cm³/mol. The molecule has 1 aromatic heterocycles. The highest BCUT2D eigenvalue weighted by atomic mass is 16.5. The van der Waals surface area contributed by atoms with Crippen LogP contribution in [-0.4, -0.2) is 16.2 Å². The van der Waals surface area contributed by atoms with Crippen molar-refractivity contribution in [2.45, 2.75) is 57.9 Å². The maximum Gasteiger partial charge on any atom is 0.231 e. The molecule has 4 atom stereocenters. The first kappa shape index (κ1) is 11.6. The monoisotopic (exact) mass is 223 g/mol. The van der Waals surface area contributed by atoms with Crippen molar-refractivity contribution in [2.75, 3.05) is 0 Å². The third-order valence-corrected chi connectivity index (χ3v) is 3.70. The summed E-state index contributed by atoms with van der Waals surface area (Å²) in [4.78, 5) is 4.49. The lowest BCUT2D eigenvalue weighted by molar-refractivity contribution is 0.340. The average molecular weight is 223 g/mol. The average Bonchev–Trinajstić information content (AvgIpc) is 2.84. The highest BCUT2D eigenvalue weighted by Crippen LogP contribution is 2.36. The van der Waals surface area contributed by atoms with E-state index in [1.165, 1.54) is 19.3 Å². The van der Waals surface area contributed by atoms with Crippen molar-refractivity contribution in [1.82, 2.24) is 10.1 Å². The molecular weight excluding hydrogens is 202 g/mol. The summed E-state index contributed by atoms with van der Waals surface area (Å²) in [5.74, 6) is 2.99. The smallest absolute Gasteiger partial charge is 0.231 e. The highest BCUT2D eigenvalue weighted by molar-refractivity contribution is 5.02. The Kier molecular flexibility index (Phi) is 3.28. The Hall–Kier alpha value is -0.900. The standard InChI is InChI=1S/C12H21N3O/c1-7-4-5-10(6-7)11-14-12(16-15-11)8(2)9(3)13/h7-10H,4-6,13H2,1-3H3. The molecule has 16 heavy (non-hydrogen) atoms. The van der Waals surface area contributed by atoms with Crippen molar-refractivity contribution in [2.24, 2.45) is 11.7 Å². The minimum absolute atomic E-state index is 0.0517. The van der Waals surface area contributed by atoms with E-state index in [-0.39, 0.29) is 12.0 Å². The summed E-state index contributed by atoms with van der Waals surface area (Å²) in [6.07, 6.45) is 3.65. The molecule has 4 unspecified atom stereocenters. The van der Waals surface area contributed by atoms with Crippen LogP contribution in [0.2, 0.25) is 0 Å². The van der Waals surface area contributed by atoms with Crippen molar-refractivity contribution in [3.05, 3.63) is 11.7 Å². The van der Waals surface area contributed by atoms with Gasteiger partial charge in [0.05, 0.1) is 5.92 Å². The fourth-order valence-electron chi connectivity index (χ4n) is 2.26. The van der Waals surface area contributed by atoms with Gasteiger partial charge in [0.15, 0.2) is 5.82 Å². The Morgan fingerprint density at radius 1 is 1.38 bits per heavy atom. The van der Waals surface area contributed by atoms with Crippen LogP contribution in [0.15, 0.2) is 4.52 Å². The third-order valence-electron chi connectivity index (χ3n) is 3.70. The Balaban J connectivity index is 2.07. The van der Waals surface area contributed by atoms with Gasteiger partial charge >= 0.3 is 0 Å². The molecular formula is C12H21N3O. The molecule has 0 bridgehead atoms. The molecule has 1 heterocycles. The number of nitrogens with two attached hydrogens (primary N) is 1. The van der Waals surface area contributed by atoms with Gasteiger partial charge in [-0.3, -0.25) is 0 Å². The quantitative estimate of drug-likeness (QED) is 0.854. The zero-order chi connectivity index (χ0) is 11.7. The van der Waals surface area contributed by atoms with E-state index in [1.54, 1.807) is 0 Å². The molecule has 1 aliphatic carbocycles. The molecule has 90 valence electrons. The Bertz CT molecular complexity index is 348. The van der Waals surface area contributed by atoms with E-state index >= 15 is 0 Å². The van der Waals surface area contributed by atoms with Crippen LogP contribution in [0.1, 0.15) is 63.6 Å². The van der Waals surface area contributed by atoms with Crippen LogP contribution in [0, 0.1) is 5.92 Å². The van der Waals surface area contributed by atoms with Crippen molar-refractivity contribution in [3.8, 4) is 0 Å². The maximum atomic E-state index is 5.82. The van der Waals surface area contributed by atoms with Gasteiger partial charge in [-0.25, -0.2) is 0 Å². The zero-order valence-electron chi connectivity index (χ0n) is 10.3. The molecule has 2 N–H and O–H groups in total. The minimum atomic E-state index is 0.0517. The Labute approximate surface area is 96.6 Å². The van der Waals surface area contributed by atoms with Gasteiger partial charge in [0, 0.05) is 12.0 Å². The van der Waals surface area contributed by atoms with Crippen molar-refractivity contribution in [1.29, 1.82) is 0 Å². The predicted octanol–water partition coefficient (Wildman–Crippen LogP) is 2.42. The molecule has 0 amide bonds. The van der Waals surface area contributed by atoms with Gasteiger partial charge in [-0.05, 0) is 32.1 Å². The lowest BCUT2D eigenvalue weighted by Gasteiger charge is -2.09. The molecule has 1 aliphatic rings. The van der Waals surface area contributed by atoms with Crippen molar-refractivity contribution in [3.63, 3.8) is 0 Å². The second kappa shape index (κ2) is 4.53. The van der Waals surface area contributed by atoms with E-state index in [4.69, 9.17) is 10.3 Å². The zero-order valence-corrected chi connectivity index (χ0v) is 10.3. The SMILES string of the molecule is CC1CCC(c2noc(C(C)C(C)N)n2)C1. The second-order valence-corrected chi connectivity index (χ2v) is 5.25. The van der Waals surface area contributed by atoms with E-state index in [0.29, 0.717) is 11.8 Å². The van der Waals surface area contributed by atoms with Crippen LogP contribution in [0.25, 0.3) is 0 Å². The second-order valence-electron chi connectivity index (χ2n) is 5.25. The third kappa shape index (κ3) is 2.26. The van der Waals surface area contributed by atoms with Gasteiger partial charge < -0.3 is 10.3 Å². The molecule has 0 radical (unpaired) electrons. The van der Waals surface area contributed by atoms with E-state index in [9.17, 15) is 0 Å². The van der Waals surface area contributed by atoms with Gasteiger partial charge in [0.2, 0.25) is 5.89 Å². The normalized spacial score (nSPS) is 29.2. The largest absolute Gasteiger partial charge is 0.339 e. The minimum Gasteiger partial charge on any atom is -0.339 e. The van der Waals surface area contributed by atoms with Crippen LogP contribution in [-0.2, 0) is 0 Å². The lowest BCUT2D eigenvalue weighted by atomic mass is 10.0. The topological polar surface area (TPSA) is 64.9 Å². The van der Waals surface area contributed by atoms with Gasteiger partial charge in [0.1, 0.15) is 0 Å². The van der Waals surface area contributed by atoms with Crippen molar-refractivity contribution >= 4 is 0 Å². The van der Waals surface area contributed by atoms with Gasteiger partial charge in [-0.1, -0.05) is 19.0 Å². The van der Waals surface area contributed by atoms with Crippen LogP contribution in [0.3, 0.4) is 0 Å². The summed E-state index contributed by atoms with van der Waals surface area (Å²) >= 11 is 0. The first-order valence-corrected chi connectivity index (χ1v) is 6.17. The maximum absolute atomic E-state index is 5.82. The highest BCUT2D eigenvalue weighted by Gasteiger charge is 2.28. The molecule has 1 fully saturated rings. The fraction of sp³-hybridized carbons (Fsp3) is 0.833. The number of hydrogen-bond donors (Lipinski definition) is 1. The summed E-state index contributed by atoms with van der Waals surface area (Å²) in [7, 11) is 0. The Morgan fingerprint density at radius 3 is 2.69 bits per heavy atom. The molecule has 1 aromatic rings. The van der Waals surface area contributed by atoms with Crippen LogP contribution < -0.4 is 5.73 Å². The van der Waals surface area contributed by atoms with E-state index in [0.717, 1.165) is 11.7 Å². The lowest BCUT2D eigenvalue weighted by Crippen LogP contribution is -2.22. The molecule has 4 heteroatoms. The van der Waals surface area contributed by atoms with E-state index in [2.05, 4.69) is 17.1 Å². The number of nitrogens with zero attached hydrogens (tertiary/aromatic N) is 2. The number of hydrogen-bond acceptors (Lipinski definition) is 4. The first-order chi connectivity index (χ1) is 7.58. The molecule has 0 saturated heterocycles. The molecule has 0 aromatic carbocycles. The van der Waals surface area contributed by atoms with Gasteiger partial charge in [0.25, 0.3) is 0 Å². The first-order valence-electron chi connectivity index (χ1n) is 6.17. The number of aromatic nitrogens is 2. The summed E-state index contributed by atoms with van der Waals surface area (Å²) in [5.41, 5.74) is 5.82. The van der Waals surface area contributed by atoms with Gasteiger partial charge in [-0.15, -0.1) is 0 Å². The molecule has 1 saturated carbocycles. The van der Waals surface area contributed by atoms with Crippen LogP contribution >= 0.6 is 0 Å². The van der Waals surface area contributed by atoms with E-state index in [1.807, 2.05) is 13.8 Å². The molecule has 4 nitrogen and oxygen atoms in total. The summed E-state index contributed by atoms with van der Waals surface area (Å²) < 4.78 is 5.29. The summed E-state index contributed by atoms with van der Waals surface area (Å²) in [6, 6.07) is 0.0517. The van der Waals surface area contributed by atoms with E-state index < -0.39 is 0 Å². The molecule has 0 spiro atoms. The van der Waals surface area contributed by atoms with Crippen LogP contribution in [0.4, 0.5) is 0 Å². The molecule has 2 rings (SSSR count). The van der Waals surface area contributed by atoms with Crippen LogP contribution in [0.5, 0.6) is 0 Å². The number of rotatable bonds is 3.